The van der Waals surface area contributed by atoms with Gasteiger partial charge >= 0.3 is 0 Å². The lowest BCUT2D eigenvalue weighted by molar-refractivity contribution is -0.141. The highest BCUT2D eigenvalue weighted by Crippen LogP contribution is 2.20. The van der Waals surface area contributed by atoms with Crippen molar-refractivity contribution in [1.29, 1.82) is 0 Å². The molecule has 1 N–H and O–H groups in total. The molecule has 1 aromatic rings. The van der Waals surface area contributed by atoms with Crippen molar-refractivity contribution in [3.05, 3.63) is 34.9 Å². The van der Waals surface area contributed by atoms with Gasteiger partial charge in [0.1, 0.15) is 6.04 Å². The molecule has 0 aliphatic carbocycles. The Hall–Kier alpha value is -1.55. The van der Waals surface area contributed by atoms with E-state index in [2.05, 4.69) is 12.2 Å². The number of carbonyl (C=O) groups excluding carboxylic acids is 2. The van der Waals surface area contributed by atoms with E-state index >= 15 is 0 Å². The van der Waals surface area contributed by atoms with Gasteiger partial charge in [-0.3, -0.25) is 9.59 Å². The van der Waals surface area contributed by atoms with Crippen molar-refractivity contribution in [1.82, 2.24) is 10.2 Å². The number of hydrogen-bond acceptors (Lipinski definition) is 2. The molecule has 1 rings (SSSR count). The van der Waals surface area contributed by atoms with Crippen LogP contribution in [0, 0.1) is 0 Å². The lowest BCUT2D eigenvalue weighted by Gasteiger charge is -2.31. The first-order chi connectivity index (χ1) is 11.5. The van der Waals surface area contributed by atoms with Crippen LogP contribution in [0.3, 0.4) is 0 Å². The average molecular weight is 353 g/mol. The third-order valence-corrected chi connectivity index (χ3v) is 4.35. The standard InChI is InChI=1S/C19H29ClN2O2/c1-4-7-13-21-19(24)17(6-3)22(18(23)10-5-2)14-15-11-8-9-12-16(15)20/h8-9,11-12,17H,4-7,10,13-14H2,1-3H3,(H,21,24)/t17-/m1/s1. The SMILES string of the molecule is CCCCNC(=O)[C@@H](CC)N(Cc1ccccc1Cl)C(=O)CCC. The first-order valence-electron chi connectivity index (χ1n) is 8.85. The van der Waals surface area contributed by atoms with Crippen LogP contribution < -0.4 is 5.32 Å². The molecule has 134 valence electrons. The van der Waals surface area contributed by atoms with Gasteiger partial charge in [0.15, 0.2) is 0 Å². The number of amides is 2. The maximum atomic E-state index is 12.6. The maximum Gasteiger partial charge on any atom is 0.242 e. The summed E-state index contributed by atoms with van der Waals surface area (Å²) in [6.07, 6.45) is 3.73. The Labute approximate surface area is 150 Å². The summed E-state index contributed by atoms with van der Waals surface area (Å²) in [5, 5.41) is 3.57. The normalized spacial score (nSPS) is 11.8. The molecule has 0 radical (unpaired) electrons. The maximum absolute atomic E-state index is 12.6. The van der Waals surface area contributed by atoms with E-state index in [0.717, 1.165) is 24.8 Å². The molecule has 0 aliphatic heterocycles. The van der Waals surface area contributed by atoms with Crippen LogP contribution in [0.1, 0.15) is 58.4 Å². The molecule has 0 heterocycles. The van der Waals surface area contributed by atoms with Crippen molar-refractivity contribution in [2.24, 2.45) is 0 Å². The zero-order valence-electron chi connectivity index (χ0n) is 15.0. The second kappa shape index (κ2) is 11.1. The zero-order valence-corrected chi connectivity index (χ0v) is 15.7. The average Bonchev–Trinajstić information content (AvgIpc) is 2.56. The van der Waals surface area contributed by atoms with E-state index in [1.165, 1.54) is 0 Å². The van der Waals surface area contributed by atoms with E-state index in [4.69, 9.17) is 11.6 Å². The Morgan fingerprint density at radius 1 is 1.17 bits per heavy atom. The minimum atomic E-state index is -0.461. The number of hydrogen-bond donors (Lipinski definition) is 1. The summed E-state index contributed by atoms with van der Waals surface area (Å²) in [5.41, 5.74) is 0.864. The fourth-order valence-corrected chi connectivity index (χ4v) is 2.79. The third-order valence-electron chi connectivity index (χ3n) is 3.98. The zero-order chi connectivity index (χ0) is 17.9. The second-order valence-corrected chi connectivity index (χ2v) is 6.34. The lowest BCUT2D eigenvalue weighted by Crippen LogP contribution is -2.49. The van der Waals surface area contributed by atoms with Gasteiger partial charge in [-0.25, -0.2) is 0 Å². The Morgan fingerprint density at radius 2 is 1.88 bits per heavy atom. The van der Waals surface area contributed by atoms with Crippen molar-refractivity contribution in [2.75, 3.05) is 6.54 Å². The summed E-state index contributed by atoms with van der Waals surface area (Å²) in [4.78, 5) is 26.8. The summed E-state index contributed by atoms with van der Waals surface area (Å²) in [6.45, 7) is 6.99. The molecule has 0 saturated heterocycles. The molecule has 4 nitrogen and oxygen atoms in total. The van der Waals surface area contributed by atoms with Gasteiger partial charge in [-0.1, -0.05) is 57.0 Å². The van der Waals surface area contributed by atoms with Crippen LogP contribution in [0.5, 0.6) is 0 Å². The van der Waals surface area contributed by atoms with E-state index in [-0.39, 0.29) is 11.8 Å². The number of nitrogens with zero attached hydrogens (tertiary/aromatic N) is 1. The van der Waals surface area contributed by atoms with Gasteiger partial charge in [0.2, 0.25) is 11.8 Å². The van der Waals surface area contributed by atoms with Gasteiger partial charge in [-0.05, 0) is 30.9 Å². The molecule has 1 aromatic carbocycles. The number of benzene rings is 1. The molecule has 5 heteroatoms. The molecular weight excluding hydrogens is 324 g/mol. The minimum Gasteiger partial charge on any atom is -0.354 e. The van der Waals surface area contributed by atoms with Crippen LogP contribution in [0.2, 0.25) is 5.02 Å². The Balaban J connectivity index is 2.95. The highest BCUT2D eigenvalue weighted by Gasteiger charge is 2.28. The van der Waals surface area contributed by atoms with Crippen LogP contribution in [-0.4, -0.2) is 29.3 Å². The number of halogens is 1. The van der Waals surface area contributed by atoms with Crippen molar-refractivity contribution >= 4 is 23.4 Å². The smallest absolute Gasteiger partial charge is 0.242 e. The van der Waals surface area contributed by atoms with E-state index < -0.39 is 6.04 Å². The topological polar surface area (TPSA) is 49.4 Å². The molecule has 0 saturated carbocycles. The van der Waals surface area contributed by atoms with E-state index in [0.29, 0.717) is 31.0 Å². The van der Waals surface area contributed by atoms with E-state index in [9.17, 15) is 9.59 Å². The predicted octanol–water partition coefficient (Wildman–Crippen LogP) is 4.16. The Bertz CT molecular complexity index is 534. The monoisotopic (exact) mass is 352 g/mol. The molecule has 0 unspecified atom stereocenters. The number of nitrogens with one attached hydrogen (secondary N) is 1. The highest BCUT2D eigenvalue weighted by atomic mass is 35.5. The van der Waals surface area contributed by atoms with Crippen LogP contribution in [0.4, 0.5) is 0 Å². The summed E-state index contributed by atoms with van der Waals surface area (Å²) in [6, 6.07) is 7.00. The molecule has 0 aliphatic rings. The van der Waals surface area contributed by atoms with E-state index in [1.54, 1.807) is 4.90 Å². The first kappa shape index (κ1) is 20.5. The van der Waals surface area contributed by atoms with Crippen molar-refractivity contribution in [3.8, 4) is 0 Å². The molecule has 24 heavy (non-hydrogen) atoms. The fraction of sp³-hybridized carbons (Fsp3) is 0.579. The van der Waals surface area contributed by atoms with Crippen molar-refractivity contribution in [3.63, 3.8) is 0 Å². The molecular formula is C19H29ClN2O2. The summed E-state index contributed by atoms with van der Waals surface area (Å²) < 4.78 is 0. The first-order valence-corrected chi connectivity index (χ1v) is 9.23. The minimum absolute atomic E-state index is 0.00471. The Morgan fingerprint density at radius 3 is 2.46 bits per heavy atom. The van der Waals surface area contributed by atoms with Crippen LogP contribution >= 0.6 is 11.6 Å². The van der Waals surface area contributed by atoms with E-state index in [1.807, 2.05) is 38.1 Å². The van der Waals surface area contributed by atoms with Gasteiger partial charge < -0.3 is 10.2 Å². The molecule has 0 fully saturated rings. The highest BCUT2D eigenvalue weighted by molar-refractivity contribution is 6.31. The molecule has 0 bridgehead atoms. The summed E-state index contributed by atoms with van der Waals surface area (Å²) in [7, 11) is 0. The second-order valence-electron chi connectivity index (χ2n) is 5.93. The summed E-state index contributed by atoms with van der Waals surface area (Å²) in [5.74, 6) is -0.0858. The van der Waals surface area contributed by atoms with Crippen molar-refractivity contribution < 1.29 is 9.59 Å². The van der Waals surface area contributed by atoms with Gasteiger partial charge in [0.25, 0.3) is 0 Å². The quantitative estimate of drug-likeness (QED) is 0.642. The van der Waals surface area contributed by atoms with Gasteiger partial charge in [0, 0.05) is 24.5 Å². The molecule has 0 spiro atoms. The van der Waals surface area contributed by atoms with Crippen LogP contribution in [0.15, 0.2) is 24.3 Å². The third kappa shape index (κ3) is 6.16. The summed E-state index contributed by atoms with van der Waals surface area (Å²) >= 11 is 6.24. The van der Waals surface area contributed by atoms with Crippen molar-refractivity contribution in [2.45, 2.75) is 65.5 Å². The predicted molar refractivity (Wildman–Crippen MR) is 98.9 cm³/mol. The fourth-order valence-electron chi connectivity index (χ4n) is 2.59. The van der Waals surface area contributed by atoms with Crippen LogP contribution in [-0.2, 0) is 16.1 Å². The number of rotatable bonds is 10. The molecule has 2 amide bonds. The van der Waals surface area contributed by atoms with Gasteiger partial charge in [-0.15, -0.1) is 0 Å². The Kier molecular flexibility index (Phi) is 9.46. The lowest BCUT2D eigenvalue weighted by atomic mass is 10.1. The number of unbranched alkanes of at least 4 members (excludes halogenated alkanes) is 1. The molecule has 0 aromatic heterocycles. The molecule has 1 atom stereocenters. The number of carbonyl (C=O) groups is 2. The van der Waals surface area contributed by atoms with Crippen LogP contribution in [0.25, 0.3) is 0 Å². The van der Waals surface area contributed by atoms with Gasteiger partial charge in [0.05, 0.1) is 0 Å². The largest absolute Gasteiger partial charge is 0.354 e. The van der Waals surface area contributed by atoms with Gasteiger partial charge in [-0.2, -0.15) is 0 Å².